The van der Waals surface area contributed by atoms with E-state index in [1.165, 1.54) is 10.9 Å². The summed E-state index contributed by atoms with van der Waals surface area (Å²) in [4.78, 5) is 37.6. The lowest BCUT2D eigenvalue weighted by Crippen LogP contribution is -2.21. The van der Waals surface area contributed by atoms with Crippen molar-refractivity contribution >= 4 is 29.3 Å². The molecule has 196 valence electrons. The van der Waals surface area contributed by atoms with Crippen molar-refractivity contribution in [3.63, 3.8) is 0 Å². The quantitative estimate of drug-likeness (QED) is 0.330. The highest BCUT2D eigenvalue weighted by atomic mass is 19.4. The largest absolute Gasteiger partial charge is 0.490 e. The molecule has 0 fully saturated rings. The number of carboxylic acids is 1. The zero-order valence-electron chi connectivity index (χ0n) is 19.6. The van der Waals surface area contributed by atoms with Crippen LogP contribution in [-0.4, -0.2) is 44.0 Å². The van der Waals surface area contributed by atoms with Crippen LogP contribution in [0.15, 0.2) is 85.5 Å². The van der Waals surface area contributed by atoms with E-state index in [4.69, 9.17) is 14.6 Å². The number of aliphatic carboxylic acids is 1. The molecule has 0 aliphatic carbocycles. The van der Waals surface area contributed by atoms with Crippen molar-refractivity contribution in [3.05, 3.63) is 96.6 Å². The number of pyridine rings is 1. The van der Waals surface area contributed by atoms with E-state index in [0.29, 0.717) is 22.6 Å². The second kappa shape index (κ2) is 12.2. The third kappa shape index (κ3) is 8.19. The van der Waals surface area contributed by atoms with Gasteiger partial charge in [-0.1, -0.05) is 24.3 Å². The topological polar surface area (TPSA) is 135 Å². The molecule has 4 aromatic rings. The average molecular weight is 527 g/mol. The summed E-state index contributed by atoms with van der Waals surface area (Å²) in [5, 5.41) is 16.8. The van der Waals surface area contributed by atoms with Gasteiger partial charge in [-0.05, 0) is 48.9 Å². The Morgan fingerprint density at radius 2 is 1.63 bits per heavy atom. The smallest absolute Gasteiger partial charge is 0.475 e. The molecule has 2 amide bonds. The first-order valence-electron chi connectivity index (χ1n) is 10.7. The first-order valence-corrected chi connectivity index (χ1v) is 10.7. The Balaban J connectivity index is 0.000000505. The minimum Gasteiger partial charge on any atom is -0.475 e. The summed E-state index contributed by atoms with van der Waals surface area (Å²) in [5.74, 6) is -2.75. The van der Waals surface area contributed by atoms with E-state index in [2.05, 4.69) is 20.7 Å². The molecule has 0 aliphatic heterocycles. The Morgan fingerprint density at radius 3 is 2.29 bits per heavy atom. The molecule has 0 bridgehead atoms. The molecule has 2 heterocycles. The predicted octanol–water partition coefficient (Wildman–Crippen LogP) is 5.07. The molecule has 3 N–H and O–H groups in total. The molecule has 2 aromatic heterocycles. The lowest BCUT2D eigenvalue weighted by Gasteiger charge is -2.07. The van der Waals surface area contributed by atoms with E-state index in [-0.39, 0.29) is 11.7 Å². The average Bonchev–Trinajstić information content (AvgIpc) is 3.33. The second-order valence-electron chi connectivity index (χ2n) is 7.56. The van der Waals surface area contributed by atoms with E-state index in [0.717, 1.165) is 5.56 Å². The van der Waals surface area contributed by atoms with Crippen molar-refractivity contribution in [2.24, 2.45) is 0 Å². The number of carbonyl (C=O) groups is 3. The highest BCUT2D eigenvalue weighted by molar-refractivity contribution is 6.04. The molecule has 0 saturated carbocycles. The molecule has 10 nitrogen and oxygen atoms in total. The van der Waals surface area contributed by atoms with Gasteiger partial charge in [-0.2, -0.15) is 18.3 Å². The number of alkyl halides is 3. The number of hydrogen-bond donors (Lipinski definition) is 3. The summed E-state index contributed by atoms with van der Waals surface area (Å²) < 4.78 is 38.5. The van der Waals surface area contributed by atoms with Crippen LogP contribution in [0, 0.1) is 6.92 Å². The van der Waals surface area contributed by atoms with Crippen LogP contribution in [0.25, 0.3) is 5.69 Å². The Labute approximate surface area is 213 Å². The van der Waals surface area contributed by atoms with Gasteiger partial charge in [0, 0.05) is 17.4 Å². The molecule has 0 saturated heterocycles. The molecule has 4 rings (SSSR count). The van der Waals surface area contributed by atoms with Gasteiger partial charge >= 0.3 is 18.2 Å². The summed E-state index contributed by atoms with van der Waals surface area (Å²) in [5.41, 5.74) is 3.30. The first-order chi connectivity index (χ1) is 18.0. The van der Waals surface area contributed by atoms with E-state index < -0.39 is 18.2 Å². The molecule has 0 radical (unpaired) electrons. The number of anilines is 2. The number of amides is 2. The zero-order valence-corrected chi connectivity index (χ0v) is 19.6. The van der Waals surface area contributed by atoms with E-state index >= 15 is 0 Å². The number of halogens is 3. The molecular weight excluding hydrogens is 507 g/mol. The number of rotatable bonds is 5. The predicted molar refractivity (Wildman–Crippen MR) is 130 cm³/mol. The van der Waals surface area contributed by atoms with Gasteiger partial charge in [0.25, 0.3) is 5.91 Å². The Hall–Kier alpha value is -5.20. The summed E-state index contributed by atoms with van der Waals surface area (Å²) in [6, 6.07) is 17.8. The van der Waals surface area contributed by atoms with Crippen molar-refractivity contribution in [3.8, 4) is 11.4 Å². The van der Waals surface area contributed by atoms with Crippen LogP contribution < -0.4 is 15.4 Å². The normalized spacial score (nSPS) is 10.5. The van der Waals surface area contributed by atoms with Crippen molar-refractivity contribution in [2.75, 3.05) is 10.6 Å². The first kappa shape index (κ1) is 27.4. The third-order valence-electron chi connectivity index (χ3n) is 4.54. The van der Waals surface area contributed by atoms with E-state index in [1.807, 2.05) is 31.2 Å². The standard InChI is InChI=1S/C23H19N5O3.C2HF3O2/c1-16-10-19(13-24-12-16)26-22(29)17-6-5-9-20(11-17)28-15-21(14-25-28)31-23(30)27-18-7-3-2-4-8-18;3-2(4,5)1(6)7/h2-15H,1H3,(H,26,29)(H,27,30);(H,6,7). The van der Waals surface area contributed by atoms with Crippen LogP contribution >= 0.6 is 0 Å². The molecule has 13 heteroatoms. The maximum absolute atomic E-state index is 12.6. The monoisotopic (exact) mass is 527 g/mol. The van der Waals surface area contributed by atoms with Crippen molar-refractivity contribution in [1.82, 2.24) is 14.8 Å². The van der Waals surface area contributed by atoms with E-state index in [9.17, 15) is 22.8 Å². The maximum atomic E-state index is 12.6. The molecule has 0 atom stereocenters. The summed E-state index contributed by atoms with van der Waals surface area (Å²) in [7, 11) is 0. The number of nitrogens with one attached hydrogen (secondary N) is 2. The van der Waals surface area contributed by atoms with Gasteiger partial charge in [0.15, 0.2) is 5.75 Å². The van der Waals surface area contributed by atoms with Gasteiger partial charge < -0.3 is 15.2 Å². The highest BCUT2D eigenvalue weighted by Gasteiger charge is 2.38. The van der Waals surface area contributed by atoms with Crippen LogP contribution in [-0.2, 0) is 4.79 Å². The number of hydrogen-bond acceptors (Lipinski definition) is 6. The number of aromatic nitrogens is 3. The fourth-order valence-corrected chi connectivity index (χ4v) is 2.89. The van der Waals surface area contributed by atoms with Gasteiger partial charge in [-0.3, -0.25) is 15.1 Å². The fourth-order valence-electron chi connectivity index (χ4n) is 2.89. The SMILES string of the molecule is Cc1cncc(NC(=O)c2cccc(-n3cc(OC(=O)Nc4ccccc4)cn3)c2)c1.O=C(O)C(F)(F)F. The number of carbonyl (C=O) groups excluding carboxylic acids is 2. The second-order valence-corrected chi connectivity index (χ2v) is 7.56. The van der Waals surface area contributed by atoms with Crippen molar-refractivity contribution in [1.29, 1.82) is 0 Å². The molecule has 38 heavy (non-hydrogen) atoms. The maximum Gasteiger partial charge on any atom is 0.490 e. The fraction of sp³-hybridized carbons (Fsp3) is 0.0800. The van der Waals surface area contributed by atoms with Gasteiger partial charge in [-0.15, -0.1) is 0 Å². The molecular formula is C25H20F3N5O5. The van der Waals surface area contributed by atoms with E-state index in [1.54, 1.807) is 55.0 Å². The Morgan fingerprint density at radius 1 is 0.921 bits per heavy atom. The molecule has 0 spiro atoms. The summed E-state index contributed by atoms with van der Waals surface area (Å²) >= 11 is 0. The number of ether oxygens (including phenoxy) is 1. The van der Waals surface area contributed by atoms with Crippen molar-refractivity contribution < 1.29 is 37.4 Å². The number of aryl methyl sites for hydroxylation is 1. The molecule has 2 aromatic carbocycles. The minimum absolute atomic E-state index is 0.264. The van der Waals surface area contributed by atoms with Crippen molar-refractivity contribution in [2.45, 2.75) is 13.1 Å². The number of benzene rings is 2. The van der Waals surface area contributed by atoms with Crippen LogP contribution in [0.3, 0.4) is 0 Å². The van der Waals surface area contributed by atoms with Crippen LogP contribution in [0.4, 0.5) is 29.3 Å². The summed E-state index contributed by atoms with van der Waals surface area (Å²) in [6.45, 7) is 1.90. The van der Waals surface area contributed by atoms with Crippen LogP contribution in [0.2, 0.25) is 0 Å². The van der Waals surface area contributed by atoms with Gasteiger partial charge in [0.2, 0.25) is 0 Å². The van der Waals surface area contributed by atoms with Crippen LogP contribution in [0.1, 0.15) is 15.9 Å². The highest BCUT2D eigenvalue weighted by Crippen LogP contribution is 2.17. The van der Waals surface area contributed by atoms with Crippen LogP contribution in [0.5, 0.6) is 5.75 Å². The zero-order chi connectivity index (χ0) is 27.7. The molecule has 0 unspecified atom stereocenters. The van der Waals surface area contributed by atoms with Gasteiger partial charge in [0.05, 0.1) is 30.0 Å². The minimum atomic E-state index is -5.08. The summed E-state index contributed by atoms with van der Waals surface area (Å²) in [6.07, 6.45) is 0.590. The van der Waals surface area contributed by atoms with Gasteiger partial charge in [0.1, 0.15) is 0 Å². The lowest BCUT2D eigenvalue weighted by atomic mass is 10.2. The van der Waals surface area contributed by atoms with Gasteiger partial charge in [-0.25, -0.2) is 14.3 Å². The number of carboxylic acid groups (broad SMARTS) is 1. The Bertz CT molecular complexity index is 1420. The lowest BCUT2D eigenvalue weighted by molar-refractivity contribution is -0.192. The number of para-hydroxylation sites is 1. The number of nitrogens with zero attached hydrogens (tertiary/aromatic N) is 3. The molecule has 0 aliphatic rings. The Kier molecular flexibility index (Phi) is 8.77. The third-order valence-corrected chi connectivity index (χ3v) is 4.54.